The molecule has 1 unspecified atom stereocenters. The second-order valence-corrected chi connectivity index (χ2v) is 5.20. The molecule has 0 aliphatic carbocycles. The highest BCUT2D eigenvalue weighted by atomic mass is 19.1. The minimum atomic E-state index is -0.577. The Morgan fingerprint density at radius 2 is 1.83 bits per heavy atom. The molecule has 1 atom stereocenters. The molecule has 0 fully saturated rings. The van der Waals surface area contributed by atoms with Crippen LogP contribution >= 0.6 is 0 Å². The first-order chi connectivity index (χ1) is 11.3. The molecule has 2 aromatic carbocycles. The van der Waals surface area contributed by atoms with Crippen molar-refractivity contribution in [1.29, 1.82) is 0 Å². The van der Waals surface area contributed by atoms with Crippen LogP contribution in [0.1, 0.15) is 17.5 Å². The molecule has 2 heterocycles. The lowest BCUT2D eigenvalue weighted by Gasteiger charge is -2.25. The quantitative estimate of drug-likeness (QED) is 0.720. The third-order valence-electron chi connectivity index (χ3n) is 3.67. The summed E-state index contributed by atoms with van der Waals surface area (Å²) in [6.07, 6.45) is 0.883. The fraction of sp³-hybridized carbons (Fsp3) is 0.111. The number of rotatable bonds is 2. The number of ether oxygens (including phenoxy) is 2. The van der Waals surface area contributed by atoms with E-state index in [-0.39, 0.29) is 5.82 Å². The first kappa shape index (κ1) is 13.8. The Bertz CT molecular complexity index is 836. The molecule has 0 radical (unpaired) electrons. The lowest BCUT2D eigenvalue weighted by atomic mass is 10.1. The molecule has 4 nitrogen and oxygen atoms in total. The molecule has 0 N–H and O–H groups in total. The third-order valence-corrected chi connectivity index (χ3v) is 3.67. The highest BCUT2D eigenvalue weighted by molar-refractivity contribution is 5.58. The summed E-state index contributed by atoms with van der Waals surface area (Å²) >= 11 is 0. The van der Waals surface area contributed by atoms with E-state index >= 15 is 0 Å². The summed E-state index contributed by atoms with van der Waals surface area (Å²) in [5.74, 6) is 0.518. The first-order valence-corrected chi connectivity index (χ1v) is 7.24. The summed E-state index contributed by atoms with van der Waals surface area (Å²) in [4.78, 5) is 8.48. The first-order valence-electron chi connectivity index (χ1n) is 7.24. The van der Waals surface area contributed by atoms with Crippen LogP contribution in [0.4, 0.5) is 4.39 Å². The Morgan fingerprint density at radius 1 is 1.00 bits per heavy atom. The van der Waals surface area contributed by atoms with Crippen LogP contribution < -0.4 is 4.74 Å². The smallest absolute Gasteiger partial charge is 0.244 e. The summed E-state index contributed by atoms with van der Waals surface area (Å²) < 4.78 is 24.6. The largest absolute Gasteiger partial charge is 0.459 e. The molecule has 0 spiro atoms. The van der Waals surface area contributed by atoms with Gasteiger partial charge in [-0.3, -0.25) is 0 Å². The molecule has 0 saturated heterocycles. The van der Waals surface area contributed by atoms with Gasteiger partial charge in [0.05, 0.1) is 12.3 Å². The van der Waals surface area contributed by atoms with Crippen molar-refractivity contribution in [3.05, 3.63) is 78.0 Å². The van der Waals surface area contributed by atoms with Gasteiger partial charge in [-0.2, -0.15) is 0 Å². The van der Waals surface area contributed by atoms with Gasteiger partial charge in [-0.15, -0.1) is 0 Å². The van der Waals surface area contributed by atoms with E-state index in [9.17, 15) is 4.39 Å². The maximum atomic E-state index is 13.0. The Hall–Kier alpha value is -2.79. The van der Waals surface area contributed by atoms with E-state index in [4.69, 9.17) is 9.47 Å². The van der Waals surface area contributed by atoms with Crippen LogP contribution in [-0.2, 0) is 11.3 Å². The highest BCUT2D eigenvalue weighted by Gasteiger charge is 2.23. The molecule has 3 aromatic rings. The fourth-order valence-corrected chi connectivity index (χ4v) is 2.48. The molecule has 4 rings (SSSR count). The van der Waals surface area contributed by atoms with Crippen molar-refractivity contribution in [2.45, 2.75) is 12.9 Å². The maximum absolute atomic E-state index is 13.0. The van der Waals surface area contributed by atoms with Gasteiger partial charge in [-0.25, -0.2) is 14.4 Å². The number of fused-ring (bicyclic) bond motifs is 1. The van der Waals surface area contributed by atoms with Gasteiger partial charge in [-0.05, 0) is 36.4 Å². The number of benzene rings is 2. The van der Waals surface area contributed by atoms with Crippen LogP contribution in [0.3, 0.4) is 0 Å². The standard InChI is InChI=1S/C18H13FN2O2/c19-14-7-5-12(6-8-14)15-9-16(21-11-20-15)18-22-10-13-3-1-2-4-17(13)23-18/h1-9,11,18H,10H2. The van der Waals surface area contributed by atoms with E-state index in [0.717, 1.165) is 16.9 Å². The number of hydrogen-bond donors (Lipinski definition) is 0. The van der Waals surface area contributed by atoms with E-state index in [1.807, 2.05) is 24.3 Å². The Labute approximate surface area is 132 Å². The van der Waals surface area contributed by atoms with Crippen molar-refractivity contribution in [3.8, 4) is 17.0 Å². The number of nitrogens with zero attached hydrogens (tertiary/aromatic N) is 2. The van der Waals surface area contributed by atoms with Gasteiger partial charge in [0, 0.05) is 11.1 Å². The van der Waals surface area contributed by atoms with Crippen LogP contribution in [0.2, 0.25) is 0 Å². The van der Waals surface area contributed by atoms with Crippen LogP contribution in [-0.4, -0.2) is 9.97 Å². The normalized spacial score (nSPS) is 16.5. The highest BCUT2D eigenvalue weighted by Crippen LogP contribution is 2.32. The topological polar surface area (TPSA) is 44.2 Å². The SMILES string of the molecule is Fc1ccc(-c2cc(C3OCc4ccccc4O3)ncn2)cc1. The predicted molar refractivity (Wildman–Crippen MR) is 82.0 cm³/mol. The van der Waals surface area contributed by atoms with Gasteiger partial charge in [0.1, 0.15) is 23.6 Å². The van der Waals surface area contributed by atoms with Gasteiger partial charge < -0.3 is 9.47 Å². The van der Waals surface area contributed by atoms with Crippen molar-refractivity contribution < 1.29 is 13.9 Å². The zero-order valence-electron chi connectivity index (χ0n) is 12.1. The van der Waals surface area contributed by atoms with Crippen LogP contribution in [0.5, 0.6) is 5.75 Å². The fourth-order valence-electron chi connectivity index (χ4n) is 2.48. The summed E-state index contributed by atoms with van der Waals surface area (Å²) in [7, 11) is 0. The summed E-state index contributed by atoms with van der Waals surface area (Å²) in [5, 5.41) is 0. The number of para-hydroxylation sites is 1. The van der Waals surface area contributed by atoms with Gasteiger partial charge in [0.2, 0.25) is 6.29 Å². The van der Waals surface area contributed by atoms with Crippen LogP contribution in [0.15, 0.2) is 60.9 Å². The van der Waals surface area contributed by atoms with E-state index < -0.39 is 6.29 Å². The van der Waals surface area contributed by atoms with E-state index in [1.165, 1.54) is 18.5 Å². The molecule has 5 heteroatoms. The summed E-state index contributed by atoms with van der Waals surface area (Å²) in [5.41, 5.74) is 3.15. The maximum Gasteiger partial charge on any atom is 0.244 e. The Kier molecular flexibility index (Phi) is 3.48. The van der Waals surface area contributed by atoms with Crippen molar-refractivity contribution in [3.63, 3.8) is 0 Å². The molecular weight excluding hydrogens is 295 g/mol. The average Bonchev–Trinajstić information content (AvgIpc) is 2.62. The van der Waals surface area contributed by atoms with E-state index in [2.05, 4.69) is 9.97 Å². The van der Waals surface area contributed by atoms with E-state index in [0.29, 0.717) is 18.0 Å². The van der Waals surface area contributed by atoms with Gasteiger partial charge in [0.15, 0.2) is 0 Å². The zero-order valence-corrected chi connectivity index (χ0v) is 12.1. The second-order valence-electron chi connectivity index (χ2n) is 5.20. The number of hydrogen-bond acceptors (Lipinski definition) is 4. The molecule has 0 amide bonds. The van der Waals surface area contributed by atoms with Crippen LogP contribution in [0.25, 0.3) is 11.3 Å². The van der Waals surface area contributed by atoms with Gasteiger partial charge in [-0.1, -0.05) is 18.2 Å². The Balaban J connectivity index is 1.63. The predicted octanol–water partition coefficient (Wildman–Crippen LogP) is 3.89. The molecule has 114 valence electrons. The van der Waals surface area contributed by atoms with E-state index in [1.54, 1.807) is 18.2 Å². The molecule has 1 aliphatic rings. The van der Waals surface area contributed by atoms with Gasteiger partial charge >= 0.3 is 0 Å². The molecular formula is C18H13FN2O2. The molecule has 23 heavy (non-hydrogen) atoms. The van der Waals surface area contributed by atoms with Crippen molar-refractivity contribution in [2.75, 3.05) is 0 Å². The third kappa shape index (κ3) is 2.78. The zero-order chi connectivity index (χ0) is 15.6. The summed E-state index contributed by atoms with van der Waals surface area (Å²) in [6, 6.07) is 15.7. The molecule has 1 aromatic heterocycles. The van der Waals surface area contributed by atoms with Gasteiger partial charge in [0.25, 0.3) is 0 Å². The van der Waals surface area contributed by atoms with Crippen molar-refractivity contribution >= 4 is 0 Å². The Morgan fingerprint density at radius 3 is 2.70 bits per heavy atom. The lowest BCUT2D eigenvalue weighted by molar-refractivity contribution is -0.114. The van der Waals surface area contributed by atoms with Crippen molar-refractivity contribution in [2.24, 2.45) is 0 Å². The molecule has 0 saturated carbocycles. The number of aromatic nitrogens is 2. The van der Waals surface area contributed by atoms with Crippen molar-refractivity contribution in [1.82, 2.24) is 9.97 Å². The molecule has 0 bridgehead atoms. The minimum absolute atomic E-state index is 0.279. The van der Waals surface area contributed by atoms with Crippen LogP contribution in [0, 0.1) is 5.82 Å². The summed E-state index contributed by atoms with van der Waals surface area (Å²) in [6.45, 7) is 0.469. The molecule has 1 aliphatic heterocycles. The lowest BCUT2D eigenvalue weighted by Crippen LogP contribution is -2.19. The number of halogens is 1. The monoisotopic (exact) mass is 308 g/mol. The minimum Gasteiger partial charge on any atom is -0.459 e. The second kappa shape index (κ2) is 5.78. The average molecular weight is 308 g/mol.